The zero-order chi connectivity index (χ0) is 15.1. The molecule has 0 aliphatic carbocycles. The van der Waals surface area contributed by atoms with Crippen molar-refractivity contribution in [3.63, 3.8) is 0 Å². The van der Waals surface area contributed by atoms with Gasteiger partial charge in [0.25, 0.3) is 0 Å². The van der Waals surface area contributed by atoms with E-state index in [4.69, 9.17) is 5.11 Å². The summed E-state index contributed by atoms with van der Waals surface area (Å²) in [4.78, 5) is 26.6. The van der Waals surface area contributed by atoms with Crippen LogP contribution in [0.15, 0.2) is 35.0 Å². The quantitative estimate of drug-likeness (QED) is 0.822. The topological polar surface area (TPSA) is 69.6 Å². The largest absolute Gasteiger partial charge is 0.481 e. The van der Waals surface area contributed by atoms with Crippen LogP contribution in [-0.2, 0) is 17.9 Å². The Morgan fingerprint density at radius 1 is 1.10 bits per heavy atom. The summed E-state index contributed by atoms with van der Waals surface area (Å²) in [5.41, 5.74) is 0. The second-order valence-electron chi connectivity index (χ2n) is 4.39. The smallest absolute Gasteiger partial charge is 0.318 e. The number of hydrogen-bond donors (Lipinski definition) is 2. The van der Waals surface area contributed by atoms with Crippen molar-refractivity contribution in [2.24, 2.45) is 0 Å². The molecule has 112 valence electrons. The molecule has 0 saturated carbocycles. The van der Waals surface area contributed by atoms with Gasteiger partial charge in [0, 0.05) is 16.3 Å². The van der Waals surface area contributed by atoms with Gasteiger partial charge in [0.1, 0.15) is 0 Å². The predicted octanol–water partition coefficient (Wildman–Crippen LogP) is 3.00. The molecule has 0 bridgehead atoms. The van der Waals surface area contributed by atoms with Crippen molar-refractivity contribution < 1.29 is 14.7 Å². The molecule has 0 aromatic carbocycles. The van der Waals surface area contributed by atoms with Crippen molar-refractivity contribution in [1.82, 2.24) is 10.2 Å². The van der Waals surface area contributed by atoms with E-state index in [2.05, 4.69) is 5.32 Å². The summed E-state index contributed by atoms with van der Waals surface area (Å²) in [6.07, 6.45) is -0.0718. The fraction of sp³-hybridized carbons (Fsp3) is 0.286. The van der Waals surface area contributed by atoms with Crippen LogP contribution < -0.4 is 5.32 Å². The Morgan fingerprint density at radius 2 is 1.67 bits per heavy atom. The van der Waals surface area contributed by atoms with Crippen LogP contribution in [0.5, 0.6) is 0 Å². The minimum Gasteiger partial charge on any atom is -0.481 e. The normalized spacial score (nSPS) is 10.3. The Kier molecular flexibility index (Phi) is 5.77. The highest BCUT2D eigenvalue weighted by molar-refractivity contribution is 7.10. The Morgan fingerprint density at radius 3 is 2.10 bits per heavy atom. The Balaban J connectivity index is 1.96. The standard InChI is InChI=1S/C14H16N2O3S2/c17-13(18)5-6-15-14(19)16(9-11-3-1-7-20-11)10-12-4-2-8-21-12/h1-4,7-8H,5-6,9-10H2,(H,15,19)(H,17,18). The molecule has 2 N–H and O–H groups in total. The van der Waals surface area contributed by atoms with E-state index >= 15 is 0 Å². The molecule has 2 aromatic rings. The third-order valence-corrected chi connectivity index (χ3v) is 4.48. The van der Waals surface area contributed by atoms with Crippen LogP contribution in [0.4, 0.5) is 4.79 Å². The van der Waals surface area contributed by atoms with E-state index in [1.165, 1.54) is 0 Å². The third-order valence-electron chi connectivity index (χ3n) is 2.76. The molecule has 0 radical (unpaired) electrons. The maximum absolute atomic E-state index is 12.2. The zero-order valence-corrected chi connectivity index (χ0v) is 13.0. The number of thiophene rings is 2. The van der Waals surface area contributed by atoms with Crippen molar-refractivity contribution in [2.45, 2.75) is 19.5 Å². The molecule has 2 aromatic heterocycles. The zero-order valence-electron chi connectivity index (χ0n) is 11.3. The van der Waals surface area contributed by atoms with E-state index in [1.807, 2.05) is 35.0 Å². The van der Waals surface area contributed by atoms with E-state index in [-0.39, 0.29) is 19.0 Å². The first kappa shape index (κ1) is 15.5. The van der Waals surface area contributed by atoms with Gasteiger partial charge >= 0.3 is 12.0 Å². The summed E-state index contributed by atoms with van der Waals surface area (Å²) in [6, 6.07) is 7.63. The van der Waals surface area contributed by atoms with E-state index in [0.717, 1.165) is 9.75 Å². The maximum Gasteiger partial charge on any atom is 0.318 e. The van der Waals surface area contributed by atoms with Crippen LogP contribution in [-0.4, -0.2) is 28.6 Å². The summed E-state index contributed by atoms with van der Waals surface area (Å²) >= 11 is 3.20. The van der Waals surface area contributed by atoms with Crippen LogP contribution in [0.2, 0.25) is 0 Å². The molecule has 0 aliphatic heterocycles. The van der Waals surface area contributed by atoms with Gasteiger partial charge in [0.2, 0.25) is 0 Å². The summed E-state index contributed by atoms with van der Waals surface area (Å²) in [6.45, 7) is 1.18. The van der Waals surface area contributed by atoms with Gasteiger partial charge in [-0.3, -0.25) is 4.79 Å². The number of nitrogens with zero attached hydrogens (tertiary/aromatic N) is 1. The number of hydrogen-bond acceptors (Lipinski definition) is 4. The molecule has 0 atom stereocenters. The number of carboxylic acid groups (broad SMARTS) is 1. The van der Waals surface area contributed by atoms with Gasteiger partial charge in [0.05, 0.1) is 19.5 Å². The van der Waals surface area contributed by atoms with Crippen molar-refractivity contribution >= 4 is 34.7 Å². The second kappa shape index (κ2) is 7.80. The molecule has 7 heteroatoms. The molecule has 5 nitrogen and oxygen atoms in total. The van der Waals surface area contributed by atoms with Crippen LogP contribution in [0.25, 0.3) is 0 Å². The van der Waals surface area contributed by atoms with Gasteiger partial charge in [-0.05, 0) is 22.9 Å². The monoisotopic (exact) mass is 324 g/mol. The average molecular weight is 324 g/mol. The van der Waals surface area contributed by atoms with Crippen LogP contribution >= 0.6 is 22.7 Å². The first-order chi connectivity index (χ1) is 10.1. The lowest BCUT2D eigenvalue weighted by Crippen LogP contribution is -2.39. The highest BCUT2D eigenvalue weighted by atomic mass is 32.1. The molecule has 0 fully saturated rings. The molecular formula is C14H16N2O3S2. The summed E-state index contributed by atoms with van der Waals surface area (Å²) < 4.78 is 0. The number of aliphatic carboxylic acids is 1. The molecule has 2 rings (SSSR count). The highest BCUT2D eigenvalue weighted by Crippen LogP contribution is 2.17. The van der Waals surface area contributed by atoms with Crippen molar-refractivity contribution in [1.29, 1.82) is 0 Å². The fourth-order valence-electron chi connectivity index (χ4n) is 1.77. The minimum atomic E-state index is -0.918. The van der Waals surface area contributed by atoms with Gasteiger partial charge < -0.3 is 15.3 Å². The number of carbonyl (C=O) groups excluding carboxylic acids is 1. The molecule has 0 aliphatic rings. The lowest BCUT2D eigenvalue weighted by molar-refractivity contribution is -0.136. The van der Waals surface area contributed by atoms with Crippen molar-refractivity contribution in [3.05, 3.63) is 44.8 Å². The van der Waals surface area contributed by atoms with Crippen molar-refractivity contribution in [3.8, 4) is 0 Å². The molecule has 0 spiro atoms. The third kappa shape index (κ3) is 5.20. The van der Waals surface area contributed by atoms with E-state index in [1.54, 1.807) is 27.6 Å². The number of carbonyl (C=O) groups is 2. The van der Waals surface area contributed by atoms with Gasteiger partial charge in [0.15, 0.2) is 0 Å². The minimum absolute atomic E-state index is 0.0718. The SMILES string of the molecule is O=C(O)CCNC(=O)N(Cc1cccs1)Cc1cccs1. The summed E-state index contributed by atoms with van der Waals surface area (Å²) in [5.74, 6) is -0.918. The lowest BCUT2D eigenvalue weighted by atomic mass is 10.3. The van der Waals surface area contributed by atoms with Gasteiger partial charge in [-0.2, -0.15) is 0 Å². The number of carboxylic acids is 1. The molecular weight excluding hydrogens is 308 g/mol. The van der Waals surface area contributed by atoms with E-state index in [0.29, 0.717) is 13.1 Å². The van der Waals surface area contributed by atoms with Gasteiger partial charge in [-0.1, -0.05) is 12.1 Å². The Bertz CT molecular complexity index is 531. The Labute approximate surface area is 130 Å². The predicted molar refractivity (Wildman–Crippen MR) is 83.5 cm³/mol. The molecule has 2 heterocycles. The first-order valence-electron chi connectivity index (χ1n) is 6.44. The average Bonchev–Trinajstić information content (AvgIpc) is 3.10. The molecule has 21 heavy (non-hydrogen) atoms. The van der Waals surface area contributed by atoms with E-state index < -0.39 is 5.97 Å². The first-order valence-corrected chi connectivity index (χ1v) is 8.20. The Hall–Kier alpha value is -1.86. The number of amides is 2. The molecule has 0 unspecified atom stereocenters. The van der Waals surface area contributed by atoms with Crippen LogP contribution in [0.3, 0.4) is 0 Å². The van der Waals surface area contributed by atoms with Crippen LogP contribution in [0.1, 0.15) is 16.2 Å². The lowest BCUT2D eigenvalue weighted by Gasteiger charge is -2.21. The second-order valence-corrected chi connectivity index (χ2v) is 6.45. The molecule has 0 saturated heterocycles. The highest BCUT2D eigenvalue weighted by Gasteiger charge is 2.15. The maximum atomic E-state index is 12.2. The number of nitrogens with one attached hydrogen (secondary N) is 1. The summed E-state index contributed by atoms with van der Waals surface area (Å²) in [5, 5.41) is 15.2. The number of rotatable bonds is 7. The fourth-order valence-corrected chi connectivity index (χ4v) is 3.21. The number of urea groups is 1. The van der Waals surface area contributed by atoms with Gasteiger partial charge in [-0.25, -0.2) is 4.79 Å². The van der Waals surface area contributed by atoms with E-state index in [9.17, 15) is 9.59 Å². The van der Waals surface area contributed by atoms with Crippen molar-refractivity contribution in [2.75, 3.05) is 6.54 Å². The van der Waals surface area contributed by atoms with Gasteiger partial charge in [-0.15, -0.1) is 22.7 Å². The van der Waals surface area contributed by atoms with Crippen LogP contribution in [0, 0.1) is 0 Å². The molecule has 2 amide bonds. The summed E-state index contributed by atoms with van der Waals surface area (Å²) in [7, 11) is 0.